The molecule has 0 bridgehead atoms. The van der Waals surface area contributed by atoms with Crippen LogP contribution in [0.1, 0.15) is 11.1 Å². The molecule has 0 aliphatic heterocycles. The first kappa shape index (κ1) is 26.7. The molecule has 0 spiro atoms. The molecule has 3 aromatic rings. The molecule has 0 unspecified atom stereocenters. The van der Waals surface area contributed by atoms with Gasteiger partial charge in [-0.15, -0.1) is 0 Å². The number of carbonyl (C=O) groups excluding carboxylic acids is 1. The van der Waals surface area contributed by atoms with Crippen LogP contribution >= 0.6 is 31.9 Å². The summed E-state index contributed by atoms with van der Waals surface area (Å²) in [7, 11) is 0. The number of anilines is 1. The molecule has 2 N–H and O–H groups in total. The van der Waals surface area contributed by atoms with Gasteiger partial charge in [-0.3, -0.25) is 14.9 Å². The minimum absolute atomic E-state index is 0.0258. The molecule has 0 heterocycles. The third-order valence-corrected chi connectivity index (χ3v) is 5.57. The smallest absolute Gasteiger partial charge is 0.416 e. The van der Waals surface area contributed by atoms with Crippen molar-refractivity contribution >= 4 is 55.2 Å². The number of halogens is 5. The van der Waals surface area contributed by atoms with Crippen molar-refractivity contribution in [2.24, 2.45) is 0 Å². The molecule has 184 valence electrons. The van der Waals surface area contributed by atoms with Gasteiger partial charge in [0.15, 0.2) is 0 Å². The summed E-state index contributed by atoms with van der Waals surface area (Å²) in [5, 5.41) is 32.8. The Labute approximate surface area is 218 Å². The molecule has 0 saturated carbocycles. The SMILES string of the molecule is N#C/C(=C\c1cc(Br)cc(Br)c1Oc1ccc(C(F)(F)F)cc1[N+](=O)[O-])C(=O)Nc1ccc(O)cc1. The third kappa shape index (κ3) is 6.41. The lowest BCUT2D eigenvalue weighted by molar-refractivity contribution is -0.385. The molecular formula is C23H12Br2F3N3O5. The van der Waals surface area contributed by atoms with Crippen molar-refractivity contribution in [2.75, 3.05) is 5.32 Å². The lowest BCUT2D eigenvalue weighted by Gasteiger charge is -2.14. The molecule has 0 aliphatic carbocycles. The summed E-state index contributed by atoms with van der Waals surface area (Å²) in [5.41, 5.74) is -2.12. The second-order valence-corrected chi connectivity index (χ2v) is 8.79. The number of alkyl halides is 3. The first-order valence-corrected chi connectivity index (χ1v) is 11.2. The van der Waals surface area contributed by atoms with Gasteiger partial charge in [-0.25, -0.2) is 0 Å². The Kier molecular flexibility index (Phi) is 8.01. The van der Waals surface area contributed by atoms with Crippen LogP contribution in [0.3, 0.4) is 0 Å². The molecule has 3 aromatic carbocycles. The highest BCUT2D eigenvalue weighted by Gasteiger charge is 2.33. The van der Waals surface area contributed by atoms with Crippen LogP contribution in [-0.2, 0) is 11.0 Å². The zero-order valence-electron chi connectivity index (χ0n) is 17.6. The number of amides is 1. The van der Waals surface area contributed by atoms with E-state index in [-0.39, 0.29) is 27.1 Å². The maximum Gasteiger partial charge on any atom is 0.416 e. The highest BCUT2D eigenvalue weighted by atomic mass is 79.9. The molecular weight excluding hydrogens is 615 g/mol. The highest BCUT2D eigenvalue weighted by Crippen LogP contribution is 2.42. The molecule has 1 amide bonds. The number of nitro benzene ring substituents is 1. The number of rotatable bonds is 6. The van der Waals surface area contributed by atoms with Gasteiger partial charge in [0.25, 0.3) is 5.91 Å². The second kappa shape index (κ2) is 10.8. The number of nitro groups is 1. The number of hydrogen-bond donors (Lipinski definition) is 2. The van der Waals surface area contributed by atoms with Gasteiger partial charge in [0.1, 0.15) is 23.1 Å². The average molecular weight is 627 g/mol. The van der Waals surface area contributed by atoms with Gasteiger partial charge < -0.3 is 15.2 Å². The summed E-state index contributed by atoms with van der Waals surface area (Å²) >= 11 is 6.49. The highest BCUT2D eigenvalue weighted by molar-refractivity contribution is 9.11. The first-order chi connectivity index (χ1) is 16.9. The lowest BCUT2D eigenvalue weighted by atomic mass is 10.1. The minimum atomic E-state index is -4.80. The monoisotopic (exact) mass is 625 g/mol. The number of hydrogen-bond acceptors (Lipinski definition) is 6. The Morgan fingerprint density at radius 1 is 1.14 bits per heavy atom. The molecule has 36 heavy (non-hydrogen) atoms. The van der Waals surface area contributed by atoms with Crippen molar-refractivity contribution in [2.45, 2.75) is 6.18 Å². The van der Waals surface area contributed by atoms with Gasteiger partial charge in [-0.05, 0) is 70.5 Å². The first-order valence-electron chi connectivity index (χ1n) is 9.63. The van der Waals surface area contributed by atoms with E-state index in [0.29, 0.717) is 22.3 Å². The van der Waals surface area contributed by atoms with Crippen molar-refractivity contribution < 1.29 is 32.7 Å². The maximum absolute atomic E-state index is 13.0. The number of nitrogens with one attached hydrogen (secondary N) is 1. The summed E-state index contributed by atoms with van der Waals surface area (Å²) in [5.74, 6) is -1.41. The van der Waals surface area contributed by atoms with Crippen LogP contribution in [0.5, 0.6) is 17.2 Å². The Morgan fingerprint density at radius 2 is 1.81 bits per heavy atom. The fourth-order valence-electron chi connectivity index (χ4n) is 2.88. The number of benzene rings is 3. The largest absolute Gasteiger partial charge is 0.508 e. The maximum atomic E-state index is 13.0. The number of aromatic hydroxyl groups is 1. The molecule has 0 saturated heterocycles. The van der Waals surface area contributed by atoms with E-state index >= 15 is 0 Å². The minimum Gasteiger partial charge on any atom is -0.508 e. The number of phenolic OH excluding ortho intramolecular Hbond substituents is 1. The van der Waals surface area contributed by atoms with E-state index in [9.17, 15) is 38.4 Å². The molecule has 0 fully saturated rings. The summed E-state index contributed by atoms with van der Waals surface area (Å²) in [4.78, 5) is 23.0. The average Bonchev–Trinajstić information content (AvgIpc) is 2.80. The fourth-order valence-corrected chi connectivity index (χ4v) is 4.21. The standard InChI is InChI=1S/C23H12Br2F3N3O5/c24-15-8-12(7-13(11-29)22(33)30-16-2-4-17(32)5-3-16)21(18(25)10-15)36-20-6-1-14(23(26,27)28)9-19(20)31(34)35/h1-10,32H,(H,30,33)/b13-7+. The van der Waals surface area contributed by atoms with E-state index in [2.05, 4.69) is 37.2 Å². The molecule has 3 rings (SSSR count). The third-order valence-electron chi connectivity index (χ3n) is 4.52. The molecule has 0 radical (unpaired) electrons. The Bertz CT molecular complexity index is 1420. The van der Waals surface area contributed by atoms with Crippen LogP contribution < -0.4 is 10.1 Å². The van der Waals surface area contributed by atoms with E-state index < -0.39 is 34.0 Å². The molecule has 0 atom stereocenters. The van der Waals surface area contributed by atoms with E-state index in [1.807, 2.05) is 0 Å². The van der Waals surface area contributed by atoms with Gasteiger partial charge in [0, 0.05) is 21.8 Å². The normalized spacial score (nSPS) is 11.5. The topological polar surface area (TPSA) is 125 Å². The zero-order valence-corrected chi connectivity index (χ0v) is 20.8. The molecule has 0 aliphatic rings. The van der Waals surface area contributed by atoms with Gasteiger partial charge in [0.05, 0.1) is 15.0 Å². The number of nitriles is 1. The van der Waals surface area contributed by atoms with Crippen molar-refractivity contribution in [3.63, 3.8) is 0 Å². The van der Waals surface area contributed by atoms with Gasteiger partial charge in [-0.2, -0.15) is 18.4 Å². The molecule has 0 aromatic heterocycles. The van der Waals surface area contributed by atoms with Crippen LogP contribution in [0.2, 0.25) is 0 Å². The van der Waals surface area contributed by atoms with Crippen molar-refractivity contribution in [3.8, 4) is 23.3 Å². The van der Waals surface area contributed by atoms with E-state index in [0.717, 1.165) is 12.1 Å². The zero-order chi connectivity index (χ0) is 26.6. The van der Waals surface area contributed by atoms with Crippen molar-refractivity contribution in [3.05, 3.63) is 90.4 Å². The summed E-state index contributed by atoms with van der Waals surface area (Å²) in [6.07, 6.45) is -3.65. The predicted octanol–water partition coefficient (Wildman–Crippen LogP) is 7.18. The van der Waals surface area contributed by atoms with Gasteiger partial charge in [-0.1, -0.05) is 15.9 Å². The van der Waals surface area contributed by atoms with Crippen LogP contribution in [0.25, 0.3) is 6.08 Å². The number of nitrogens with zero attached hydrogens (tertiary/aromatic N) is 2. The van der Waals surface area contributed by atoms with Gasteiger partial charge in [0.2, 0.25) is 5.75 Å². The Morgan fingerprint density at radius 3 is 2.39 bits per heavy atom. The second-order valence-electron chi connectivity index (χ2n) is 7.02. The predicted molar refractivity (Wildman–Crippen MR) is 130 cm³/mol. The molecule has 13 heteroatoms. The van der Waals surface area contributed by atoms with Crippen LogP contribution in [0.15, 0.2) is 69.1 Å². The van der Waals surface area contributed by atoms with Crippen molar-refractivity contribution in [1.82, 2.24) is 0 Å². The van der Waals surface area contributed by atoms with Crippen LogP contribution in [0, 0.1) is 21.4 Å². The number of phenols is 1. The van der Waals surface area contributed by atoms with Crippen LogP contribution in [-0.4, -0.2) is 15.9 Å². The van der Waals surface area contributed by atoms with E-state index in [1.54, 1.807) is 6.07 Å². The molecule has 8 nitrogen and oxygen atoms in total. The van der Waals surface area contributed by atoms with Crippen molar-refractivity contribution in [1.29, 1.82) is 5.26 Å². The fraction of sp³-hybridized carbons (Fsp3) is 0.0435. The summed E-state index contributed by atoms with van der Waals surface area (Å²) < 4.78 is 45.4. The van der Waals surface area contributed by atoms with Gasteiger partial charge >= 0.3 is 11.9 Å². The summed E-state index contributed by atoms with van der Waals surface area (Å²) in [6.45, 7) is 0. The van der Waals surface area contributed by atoms with E-state index in [4.69, 9.17) is 4.74 Å². The van der Waals surface area contributed by atoms with Crippen LogP contribution in [0.4, 0.5) is 24.5 Å². The lowest BCUT2D eigenvalue weighted by Crippen LogP contribution is -2.13. The quantitative estimate of drug-likeness (QED) is 0.0981. The Balaban J connectivity index is 2.04. The summed E-state index contributed by atoms with van der Waals surface area (Å²) in [6, 6.07) is 12.0. The Hall–Kier alpha value is -3.89. The number of ether oxygens (including phenoxy) is 1. The number of carbonyl (C=O) groups is 1. The van der Waals surface area contributed by atoms with E-state index in [1.165, 1.54) is 36.4 Å².